The predicted molar refractivity (Wildman–Crippen MR) is 81.6 cm³/mol. The third-order valence-corrected chi connectivity index (χ3v) is 5.21. The maximum absolute atomic E-state index is 4.38. The smallest absolute Gasteiger partial charge is 0.206 e. The molecule has 4 nitrogen and oxygen atoms in total. The van der Waals surface area contributed by atoms with Crippen LogP contribution in [0.2, 0.25) is 0 Å². The molecule has 2 rings (SSSR count). The van der Waals surface area contributed by atoms with Crippen molar-refractivity contribution in [3.63, 3.8) is 0 Å². The highest BCUT2D eigenvalue weighted by Crippen LogP contribution is 2.31. The van der Waals surface area contributed by atoms with Crippen LogP contribution in [0.4, 0.5) is 5.13 Å². The van der Waals surface area contributed by atoms with Gasteiger partial charge < -0.3 is 5.32 Å². The topological polar surface area (TPSA) is 50.7 Å². The number of anilines is 1. The van der Waals surface area contributed by atoms with E-state index in [1.165, 1.54) is 0 Å². The summed E-state index contributed by atoms with van der Waals surface area (Å²) in [5, 5.41) is 14.7. The maximum Gasteiger partial charge on any atom is 0.206 e. The van der Waals surface area contributed by atoms with Gasteiger partial charge in [-0.3, -0.25) is 0 Å². The van der Waals surface area contributed by atoms with Crippen molar-refractivity contribution >= 4 is 39.6 Å². The number of thioether (sulfide) groups is 1. The van der Waals surface area contributed by atoms with Gasteiger partial charge in [0.1, 0.15) is 5.01 Å². The number of thiazole rings is 1. The zero-order valence-corrected chi connectivity index (χ0v) is 13.1. The SMILES string of the molecule is CCC(C)Nc1nnc(-c2cnc(CSC)s2)s1. The average Bonchev–Trinajstić information content (AvgIpc) is 2.98. The van der Waals surface area contributed by atoms with E-state index < -0.39 is 0 Å². The molecule has 0 aliphatic carbocycles. The Morgan fingerprint density at radius 2 is 2.22 bits per heavy atom. The number of nitrogens with zero attached hydrogens (tertiary/aromatic N) is 3. The lowest BCUT2D eigenvalue weighted by atomic mass is 10.3. The lowest BCUT2D eigenvalue weighted by Gasteiger charge is -2.07. The van der Waals surface area contributed by atoms with Crippen molar-refractivity contribution in [1.82, 2.24) is 15.2 Å². The molecule has 2 heterocycles. The Morgan fingerprint density at radius 3 is 2.94 bits per heavy atom. The molecule has 0 fully saturated rings. The standard InChI is InChI=1S/C11H16N4S3/c1-4-7(2)13-11-15-14-10(18-11)8-5-12-9(17-8)6-16-3/h5,7H,4,6H2,1-3H3,(H,13,15). The van der Waals surface area contributed by atoms with Crippen molar-refractivity contribution in [2.24, 2.45) is 0 Å². The van der Waals surface area contributed by atoms with Crippen molar-refractivity contribution in [2.75, 3.05) is 11.6 Å². The van der Waals surface area contributed by atoms with Crippen molar-refractivity contribution in [3.05, 3.63) is 11.2 Å². The van der Waals surface area contributed by atoms with Gasteiger partial charge in [0.15, 0.2) is 5.01 Å². The first-order valence-corrected chi connectivity index (χ1v) is 8.79. The van der Waals surface area contributed by atoms with E-state index in [2.05, 4.69) is 40.6 Å². The fourth-order valence-corrected chi connectivity index (χ4v) is 3.81. The van der Waals surface area contributed by atoms with Crippen LogP contribution in [0.3, 0.4) is 0 Å². The van der Waals surface area contributed by atoms with Crippen LogP contribution in [-0.4, -0.2) is 27.5 Å². The van der Waals surface area contributed by atoms with Crippen LogP contribution in [0, 0.1) is 0 Å². The van der Waals surface area contributed by atoms with E-state index in [0.29, 0.717) is 6.04 Å². The Morgan fingerprint density at radius 1 is 1.39 bits per heavy atom. The summed E-state index contributed by atoms with van der Waals surface area (Å²) in [7, 11) is 0. The van der Waals surface area contributed by atoms with Crippen LogP contribution >= 0.6 is 34.4 Å². The van der Waals surface area contributed by atoms with E-state index in [9.17, 15) is 0 Å². The normalized spacial score (nSPS) is 12.6. The molecule has 1 unspecified atom stereocenters. The second kappa shape index (κ2) is 6.49. The van der Waals surface area contributed by atoms with Gasteiger partial charge in [-0.25, -0.2) is 4.98 Å². The molecule has 2 aromatic rings. The van der Waals surface area contributed by atoms with Gasteiger partial charge in [0.2, 0.25) is 5.13 Å². The summed E-state index contributed by atoms with van der Waals surface area (Å²) < 4.78 is 0. The number of hydrogen-bond donors (Lipinski definition) is 1. The molecule has 2 aromatic heterocycles. The zero-order chi connectivity index (χ0) is 13.0. The maximum atomic E-state index is 4.38. The Bertz CT molecular complexity index is 494. The van der Waals surface area contributed by atoms with Gasteiger partial charge in [-0.05, 0) is 19.6 Å². The Labute approximate surface area is 119 Å². The third-order valence-electron chi connectivity index (χ3n) is 2.44. The van der Waals surface area contributed by atoms with Crippen LogP contribution in [0.25, 0.3) is 9.88 Å². The molecule has 1 atom stereocenters. The first kappa shape index (κ1) is 13.8. The number of aromatic nitrogens is 3. The van der Waals surface area contributed by atoms with Crippen molar-refractivity contribution in [3.8, 4) is 9.88 Å². The Hall–Kier alpha value is -0.660. The zero-order valence-electron chi connectivity index (χ0n) is 10.6. The Balaban J connectivity index is 2.08. The second-order valence-corrected chi connectivity index (χ2v) is 6.88. The number of hydrogen-bond acceptors (Lipinski definition) is 7. The minimum Gasteiger partial charge on any atom is -0.358 e. The monoisotopic (exact) mass is 300 g/mol. The van der Waals surface area contributed by atoms with E-state index in [4.69, 9.17) is 0 Å². The summed E-state index contributed by atoms with van der Waals surface area (Å²) in [6.07, 6.45) is 5.05. The van der Waals surface area contributed by atoms with Gasteiger partial charge in [-0.2, -0.15) is 11.8 Å². The van der Waals surface area contributed by atoms with Gasteiger partial charge in [0.05, 0.1) is 4.88 Å². The van der Waals surface area contributed by atoms with E-state index in [0.717, 1.165) is 32.2 Å². The van der Waals surface area contributed by atoms with E-state index in [-0.39, 0.29) is 0 Å². The molecular weight excluding hydrogens is 284 g/mol. The molecule has 7 heteroatoms. The summed E-state index contributed by atoms with van der Waals surface area (Å²) in [5.74, 6) is 0.960. The molecule has 0 saturated carbocycles. The molecule has 0 bridgehead atoms. The highest BCUT2D eigenvalue weighted by Gasteiger charge is 2.11. The van der Waals surface area contributed by atoms with Crippen LogP contribution in [-0.2, 0) is 5.75 Å². The van der Waals surface area contributed by atoms with Crippen LogP contribution < -0.4 is 5.32 Å². The largest absolute Gasteiger partial charge is 0.358 e. The fourth-order valence-electron chi connectivity index (χ4n) is 1.29. The fraction of sp³-hybridized carbons (Fsp3) is 0.545. The predicted octanol–water partition coefficient (Wildman–Crippen LogP) is 3.74. The van der Waals surface area contributed by atoms with Crippen LogP contribution in [0.15, 0.2) is 6.20 Å². The summed E-state index contributed by atoms with van der Waals surface area (Å²) in [6, 6.07) is 0.430. The number of rotatable bonds is 6. The molecule has 0 aromatic carbocycles. The lowest BCUT2D eigenvalue weighted by molar-refractivity contribution is 0.760. The van der Waals surface area contributed by atoms with E-state index in [1.54, 1.807) is 34.4 Å². The quantitative estimate of drug-likeness (QED) is 0.881. The van der Waals surface area contributed by atoms with E-state index in [1.807, 2.05) is 6.20 Å². The minimum atomic E-state index is 0.430. The minimum absolute atomic E-state index is 0.430. The third kappa shape index (κ3) is 3.43. The van der Waals surface area contributed by atoms with Crippen molar-refractivity contribution in [2.45, 2.75) is 32.1 Å². The molecule has 18 heavy (non-hydrogen) atoms. The highest BCUT2D eigenvalue weighted by molar-refractivity contribution is 7.97. The molecule has 0 aliphatic rings. The van der Waals surface area contributed by atoms with Crippen molar-refractivity contribution in [1.29, 1.82) is 0 Å². The van der Waals surface area contributed by atoms with Crippen LogP contribution in [0.5, 0.6) is 0 Å². The first-order valence-electron chi connectivity index (χ1n) is 5.77. The van der Waals surface area contributed by atoms with Gasteiger partial charge in [0, 0.05) is 18.0 Å². The van der Waals surface area contributed by atoms with E-state index >= 15 is 0 Å². The summed E-state index contributed by atoms with van der Waals surface area (Å²) >= 11 is 5.07. The molecular formula is C11H16N4S3. The average molecular weight is 300 g/mol. The van der Waals surface area contributed by atoms with Gasteiger partial charge in [-0.15, -0.1) is 21.5 Å². The van der Waals surface area contributed by atoms with Gasteiger partial charge in [0.25, 0.3) is 0 Å². The molecule has 0 amide bonds. The van der Waals surface area contributed by atoms with Gasteiger partial charge >= 0.3 is 0 Å². The summed E-state index contributed by atoms with van der Waals surface area (Å²) in [5.41, 5.74) is 0. The van der Waals surface area contributed by atoms with Crippen molar-refractivity contribution < 1.29 is 0 Å². The molecule has 0 aliphatic heterocycles. The second-order valence-electron chi connectivity index (χ2n) is 3.92. The molecule has 0 spiro atoms. The molecule has 1 N–H and O–H groups in total. The lowest BCUT2D eigenvalue weighted by Crippen LogP contribution is -2.12. The van der Waals surface area contributed by atoms with Crippen LogP contribution in [0.1, 0.15) is 25.3 Å². The molecule has 0 saturated heterocycles. The summed E-state index contributed by atoms with van der Waals surface area (Å²) in [4.78, 5) is 5.49. The first-order chi connectivity index (χ1) is 8.72. The highest BCUT2D eigenvalue weighted by atomic mass is 32.2. The Kier molecular flexibility index (Phi) is 4.96. The van der Waals surface area contributed by atoms with Gasteiger partial charge in [-0.1, -0.05) is 18.3 Å². The number of nitrogens with one attached hydrogen (secondary N) is 1. The molecule has 98 valence electrons. The molecule has 0 radical (unpaired) electrons. The summed E-state index contributed by atoms with van der Waals surface area (Å²) in [6.45, 7) is 4.29.